The van der Waals surface area contributed by atoms with E-state index >= 15 is 0 Å². The van der Waals surface area contributed by atoms with Crippen LogP contribution in [0, 0.1) is 0 Å². The molecule has 1 aromatic heterocycles. The normalized spacial score (nSPS) is 10.6. The van der Waals surface area contributed by atoms with Crippen molar-refractivity contribution in [3.63, 3.8) is 0 Å². The van der Waals surface area contributed by atoms with Crippen LogP contribution in [0.4, 0.5) is 0 Å². The molecule has 0 saturated heterocycles. The maximum Gasteiger partial charge on any atom is 0.339 e. The lowest BCUT2D eigenvalue weighted by atomic mass is 10.4. The van der Waals surface area contributed by atoms with Gasteiger partial charge in [-0.1, -0.05) is 25.6 Å². The summed E-state index contributed by atoms with van der Waals surface area (Å²) in [7, 11) is 0. The molecule has 1 rings (SSSR count). The molecule has 1 N–H and O–H groups in total. The van der Waals surface area contributed by atoms with Crippen LogP contribution in [-0.4, -0.2) is 16.3 Å². The highest BCUT2D eigenvalue weighted by Gasteiger charge is 2.09. The van der Waals surface area contributed by atoms with E-state index in [0.29, 0.717) is 10.3 Å². The quantitative estimate of drug-likeness (QED) is 0.737. The Hall–Kier alpha value is -0.900. The average Bonchev–Trinajstić information content (AvgIpc) is 2.34. The number of hydrogen-bond donors (Lipinski definition) is 1. The Kier molecular flexibility index (Phi) is 2.81. The van der Waals surface area contributed by atoms with Crippen molar-refractivity contribution in [3.8, 4) is 0 Å². The second kappa shape index (κ2) is 3.67. The van der Waals surface area contributed by atoms with E-state index in [4.69, 9.17) is 9.52 Å². The van der Waals surface area contributed by atoms with Gasteiger partial charge < -0.3 is 9.52 Å². The van der Waals surface area contributed by atoms with E-state index in [-0.39, 0.29) is 5.56 Å². The molecule has 0 spiro atoms. The van der Waals surface area contributed by atoms with Gasteiger partial charge in [0.1, 0.15) is 6.26 Å². The average molecular weight is 186 g/mol. The summed E-state index contributed by atoms with van der Waals surface area (Å²) in [6.07, 6.45) is 1.26. The van der Waals surface area contributed by atoms with Crippen molar-refractivity contribution in [1.29, 1.82) is 0 Å². The lowest BCUT2D eigenvalue weighted by molar-refractivity contribution is 0.0696. The molecule has 0 aliphatic rings. The summed E-state index contributed by atoms with van der Waals surface area (Å²) in [5.41, 5.74) is 0.207. The third-order valence-electron chi connectivity index (χ3n) is 1.17. The van der Waals surface area contributed by atoms with Gasteiger partial charge in [-0.25, -0.2) is 4.79 Å². The Balaban J connectivity index is 2.71. The molecule has 0 fully saturated rings. The summed E-state index contributed by atoms with van der Waals surface area (Å²) >= 11 is 1.51. The fourth-order valence-corrected chi connectivity index (χ4v) is 1.49. The zero-order chi connectivity index (χ0) is 9.14. The first-order chi connectivity index (χ1) is 5.59. The molecule has 66 valence electrons. The molecule has 0 aliphatic carbocycles. The molecular formula is C8H10O3S. The first-order valence-electron chi connectivity index (χ1n) is 3.58. The van der Waals surface area contributed by atoms with E-state index < -0.39 is 5.97 Å². The second-order valence-electron chi connectivity index (χ2n) is 2.63. The molecular weight excluding hydrogens is 176 g/mol. The third-order valence-corrected chi connectivity index (χ3v) is 2.09. The first-order valence-corrected chi connectivity index (χ1v) is 4.46. The summed E-state index contributed by atoms with van der Waals surface area (Å²) in [5, 5.41) is 9.62. The molecule has 0 radical (unpaired) electrons. The third kappa shape index (κ3) is 2.30. The van der Waals surface area contributed by atoms with Crippen LogP contribution in [0.3, 0.4) is 0 Å². The Labute approximate surface area is 74.8 Å². The molecule has 0 unspecified atom stereocenters. The van der Waals surface area contributed by atoms with E-state index in [1.165, 1.54) is 24.1 Å². The molecule has 0 amide bonds. The topological polar surface area (TPSA) is 50.4 Å². The minimum atomic E-state index is -0.950. The van der Waals surface area contributed by atoms with Crippen LogP contribution >= 0.6 is 11.8 Å². The fraction of sp³-hybridized carbons (Fsp3) is 0.375. The van der Waals surface area contributed by atoms with Gasteiger partial charge in [-0.2, -0.15) is 0 Å². The maximum atomic E-state index is 10.4. The highest BCUT2D eigenvalue weighted by Crippen LogP contribution is 2.24. The van der Waals surface area contributed by atoms with E-state index in [0.717, 1.165) is 0 Å². The van der Waals surface area contributed by atoms with Crippen molar-refractivity contribution in [3.05, 3.63) is 17.9 Å². The van der Waals surface area contributed by atoms with Crippen molar-refractivity contribution in [2.75, 3.05) is 0 Å². The van der Waals surface area contributed by atoms with Gasteiger partial charge in [0.25, 0.3) is 0 Å². The van der Waals surface area contributed by atoms with Crippen LogP contribution in [0.15, 0.2) is 21.8 Å². The number of aromatic carboxylic acids is 1. The summed E-state index contributed by atoms with van der Waals surface area (Å²) in [6, 6.07) is 1.53. The molecule has 0 saturated carbocycles. The number of carboxylic acids is 1. The standard InChI is InChI=1S/C8H10O3S/c1-5(2)12-7-3-6(4-11-7)8(9)10/h3-5H,1-2H3,(H,9,10). The van der Waals surface area contributed by atoms with Gasteiger partial charge in [0.15, 0.2) is 5.09 Å². The molecule has 0 aromatic carbocycles. The first kappa shape index (κ1) is 9.19. The van der Waals surface area contributed by atoms with Crippen LogP contribution in [0.2, 0.25) is 0 Å². The molecule has 0 aliphatic heterocycles. The van der Waals surface area contributed by atoms with Crippen molar-refractivity contribution >= 4 is 17.7 Å². The van der Waals surface area contributed by atoms with Gasteiger partial charge in [-0.3, -0.25) is 0 Å². The van der Waals surface area contributed by atoms with Crippen molar-refractivity contribution in [2.45, 2.75) is 24.2 Å². The predicted octanol–water partition coefficient (Wildman–Crippen LogP) is 2.48. The van der Waals surface area contributed by atoms with E-state index in [9.17, 15) is 4.79 Å². The van der Waals surface area contributed by atoms with Gasteiger partial charge in [-0.05, 0) is 0 Å². The van der Waals surface area contributed by atoms with E-state index in [1.807, 2.05) is 13.8 Å². The maximum absolute atomic E-state index is 10.4. The summed E-state index contributed by atoms with van der Waals surface area (Å²) in [6.45, 7) is 4.04. The van der Waals surface area contributed by atoms with Crippen molar-refractivity contribution < 1.29 is 14.3 Å². The molecule has 1 heterocycles. The minimum absolute atomic E-state index is 0.207. The van der Waals surface area contributed by atoms with E-state index in [1.54, 1.807) is 0 Å². The molecule has 4 heteroatoms. The molecule has 1 aromatic rings. The second-order valence-corrected chi connectivity index (χ2v) is 4.21. The van der Waals surface area contributed by atoms with Crippen LogP contribution in [0.5, 0.6) is 0 Å². The number of thioether (sulfide) groups is 1. The van der Waals surface area contributed by atoms with Crippen LogP contribution in [0.1, 0.15) is 24.2 Å². The van der Waals surface area contributed by atoms with Crippen LogP contribution in [-0.2, 0) is 0 Å². The SMILES string of the molecule is CC(C)Sc1cc(C(=O)O)co1. The highest BCUT2D eigenvalue weighted by atomic mass is 32.2. The zero-order valence-corrected chi connectivity index (χ0v) is 7.72. The molecule has 3 nitrogen and oxygen atoms in total. The van der Waals surface area contributed by atoms with E-state index in [2.05, 4.69) is 0 Å². The Bertz CT molecular complexity index is 278. The minimum Gasteiger partial charge on any atom is -0.478 e. The predicted molar refractivity (Wildman–Crippen MR) is 46.7 cm³/mol. The summed E-state index contributed by atoms with van der Waals surface area (Å²) < 4.78 is 5.02. The van der Waals surface area contributed by atoms with Crippen molar-refractivity contribution in [2.24, 2.45) is 0 Å². The van der Waals surface area contributed by atoms with Crippen molar-refractivity contribution in [1.82, 2.24) is 0 Å². The Morgan fingerprint density at radius 1 is 1.67 bits per heavy atom. The van der Waals surface area contributed by atoms with Gasteiger partial charge in [0.2, 0.25) is 0 Å². The lowest BCUT2D eigenvalue weighted by Crippen LogP contribution is -1.91. The van der Waals surface area contributed by atoms with Gasteiger partial charge in [0, 0.05) is 11.3 Å². The summed E-state index contributed by atoms with van der Waals surface area (Å²) in [5.74, 6) is -0.950. The Morgan fingerprint density at radius 2 is 2.33 bits per heavy atom. The smallest absolute Gasteiger partial charge is 0.339 e. The van der Waals surface area contributed by atoms with Gasteiger partial charge >= 0.3 is 5.97 Å². The highest BCUT2D eigenvalue weighted by molar-refractivity contribution is 7.99. The number of rotatable bonds is 3. The number of hydrogen-bond acceptors (Lipinski definition) is 3. The van der Waals surface area contributed by atoms with Gasteiger partial charge in [-0.15, -0.1) is 0 Å². The fourth-order valence-electron chi connectivity index (χ4n) is 0.723. The molecule has 12 heavy (non-hydrogen) atoms. The number of furan rings is 1. The number of carbonyl (C=O) groups is 1. The number of carboxylic acid groups (broad SMARTS) is 1. The largest absolute Gasteiger partial charge is 0.478 e. The molecule has 0 bridgehead atoms. The molecule has 0 atom stereocenters. The Morgan fingerprint density at radius 3 is 2.75 bits per heavy atom. The monoisotopic (exact) mass is 186 g/mol. The van der Waals surface area contributed by atoms with Crippen LogP contribution < -0.4 is 0 Å². The summed E-state index contributed by atoms with van der Waals surface area (Å²) in [4.78, 5) is 10.4. The zero-order valence-electron chi connectivity index (χ0n) is 6.90. The van der Waals surface area contributed by atoms with Gasteiger partial charge in [0.05, 0.1) is 5.56 Å². The lowest BCUT2D eigenvalue weighted by Gasteiger charge is -1.97. The van der Waals surface area contributed by atoms with Crippen LogP contribution in [0.25, 0.3) is 0 Å².